The van der Waals surface area contributed by atoms with Gasteiger partial charge in [0.15, 0.2) is 0 Å². The van der Waals surface area contributed by atoms with E-state index in [2.05, 4.69) is 79.5 Å². The number of hydrogen-bond acceptors (Lipinski definition) is 3. The van der Waals surface area contributed by atoms with Gasteiger partial charge in [0.1, 0.15) is 5.75 Å². The second-order valence-electron chi connectivity index (χ2n) is 10.8. The van der Waals surface area contributed by atoms with Crippen molar-refractivity contribution in [2.45, 2.75) is 32.6 Å². The van der Waals surface area contributed by atoms with Gasteiger partial charge in [-0.25, -0.2) is 0 Å². The summed E-state index contributed by atoms with van der Waals surface area (Å²) in [6.45, 7) is 3.63. The third-order valence-corrected chi connectivity index (χ3v) is 7.32. The van der Waals surface area contributed by atoms with E-state index in [1.807, 2.05) is 30.3 Å². The maximum Gasteiger partial charge on any atom is 0.303 e. The third kappa shape index (κ3) is 8.62. The number of thiophene rings is 1. The van der Waals surface area contributed by atoms with Crippen molar-refractivity contribution in [3.05, 3.63) is 87.0 Å². The van der Waals surface area contributed by atoms with Crippen LogP contribution in [0.25, 0.3) is 28.5 Å². The Kier molecular flexibility index (Phi) is 9.31. The average molecular weight is 545 g/mol. The number of ether oxygens (including phenoxy) is 1. The molecular formula is C32H38N3O3S+. The number of benzene rings is 1. The lowest BCUT2D eigenvalue weighted by atomic mass is 10.1. The van der Waals surface area contributed by atoms with Gasteiger partial charge in [-0.3, -0.25) is 4.79 Å². The molecule has 39 heavy (non-hydrogen) atoms. The number of nitrogens with zero attached hydrogens (tertiary/aromatic N) is 1. The lowest BCUT2D eigenvalue weighted by Gasteiger charge is -2.23. The standard InChI is InChI=1S/C32H37N3O3S/c1-23-20-26(14-11-24-12-15-27(16-13-24)38-18-6-10-32(36)37)33-28(23)22-29-25(8-5-17-35(2,3)4)21-30(34-29)31-9-7-19-39-31/h7,9,11-13,15-16,19-22,33-34H,5-6,8,10,17-18H2,1-4H3/p+1. The van der Waals surface area contributed by atoms with Crippen molar-refractivity contribution in [1.82, 2.24) is 9.97 Å². The van der Waals surface area contributed by atoms with Gasteiger partial charge in [-0.2, -0.15) is 0 Å². The van der Waals surface area contributed by atoms with E-state index in [4.69, 9.17) is 9.84 Å². The molecule has 0 aliphatic rings. The van der Waals surface area contributed by atoms with Gasteiger partial charge in [0.25, 0.3) is 0 Å². The summed E-state index contributed by atoms with van der Waals surface area (Å²) in [7, 11) is 6.72. The molecule has 7 heteroatoms. The fourth-order valence-corrected chi connectivity index (χ4v) is 5.04. The normalized spacial score (nSPS) is 11.9. The summed E-state index contributed by atoms with van der Waals surface area (Å²) in [6.07, 6.45) is 6.93. The van der Waals surface area contributed by atoms with Gasteiger partial charge < -0.3 is 24.3 Å². The van der Waals surface area contributed by atoms with E-state index in [0.29, 0.717) is 13.0 Å². The third-order valence-electron chi connectivity index (χ3n) is 6.42. The zero-order valence-corrected chi connectivity index (χ0v) is 24.0. The molecule has 0 unspecified atom stereocenters. The molecule has 0 aliphatic carbocycles. The molecule has 0 fully saturated rings. The topological polar surface area (TPSA) is 78.1 Å². The van der Waals surface area contributed by atoms with Gasteiger partial charge in [-0.1, -0.05) is 23.9 Å². The van der Waals surface area contributed by atoms with Crippen molar-refractivity contribution < 1.29 is 19.1 Å². The Balaban J connectivity index is 1.54. The summed E-state index contributed by atoms with van der Waals surface area (Å²) in [5.74, 6) is -0.0721. The van der Waals surface area contributed by atoms with E-state index in [-0.39, 0.29) is 6.42 Å². The van der Waals surface area contributed by atoms with Crippen LogP contribution < -0.4 is 15.4 Å². The summed E-state index contributed by atoms with van der Waals surface area (Å²) >= 11 is 1.75. The summed E-state index contributed by atoms with van der Waals surface area (Å²) in [4.78, 5) is 19.0. The van der Waals surface area contributed by atoms with Crippen LogP contribution in [0.5, 0.6) is 5.75 Å². The zero-order chi connectivity index (χ0) is 27.8. The fourth-order valence-electron chi connectivity index (χ4n) is 4.34. The van der Waals surface area contributed by atoms with Gasteiger partial charge in [0.05, 0.1) is 50.2 Å². The number of carboxylic acid groups (broad SMARTS) is 1. The van der Waals surface area contributed by atoms with Gasteiger partial charge in [-0.15, -0.1) is 11.3 Å². The van der Waals surface area contributed by atoms with Crippen molar-refractivity contribution in [2.75, 3.05) is 34.3 Å². The van der Waals surface area contributed by atoms with Gasteiger partial charge in [0.2, 0.25) is 0 Å². The van der Waals surface area contributed by atoms with Crippen LogP contribution in [0.1, 0.15) is 41.6 Å². The zero-order valence-electron chi connectivity index (χ0n) is 23.2. The van der Waals surface area contributed by atoms with Crippen LogP contribution in [0.4, 0.5) is 0 Å². The average Bonchev–Trinajstić information content (AvgIpc) is 3.62. The lowest BCUT2D eigenvalue weighted by molar-refractivity contribution is -0.870. The second-order valence-corrected chi connectivity index (χ2v) is 11.8. The highest BCUT2D eigenvalue weighted by molar-refractivity contribution is 7.13. The largest absolute Gasteiger partial charge is 0.494 e. The van der Waals surface area contributed by atoms with Crippen molar-refractivity contribution in [1.29, 1.82) is 0 Å². The molecule has 0 atom stereocenters. The number of nitrogens with one attached hydrogen (secondary N) is 2. The number of aromatic amines is 2. The predicted molar refractivity (Wildman–Crippen MR) is 160 cm³/mol. The molecule has 204 valence electrons. The van der Waals surface area contributed by atoms with Crippen LogP contribution in [0.15, 0.2) is 53.9 Å². The van der Waals surface area contributed by atoms with E-state index in [1.54, 1.807) is 11.3 Å². The summed E-state index contributed by atoms with van der Waals surface area (Å²) in [5, 5.41) is 12.8. The smallest absolute Gasteiger partial charge is 0.303 e. The number of aryl methyl sites for hydroxylation is 2. The van der Waals surface area contributed by atoms with Crippen LogP contribution in [0.2, 0.25) is 0 Å². The van der Waals surface area contributed by atoms with E-state index in [0.717, 1.165) is 51.6 Å². The number of aliphatic carboxylic acids is 1. The van der Waals surface area contributed by atoms with Gasteiger partial charge >= 0.3 is 5.97 Å². The molecule has 3 N–H and O–H groups in total. The Hall–Kier alpha value is -3.77. The van der Waals surface area contributed by atoms with E-state index < -0.39 is 5.97 Å². The minimum absolute atomic E-state index is 0.113. The molecular weight excluding hydrogens is 506 g/mol. The highest BCUT2D eigenvalue weighted by Crippen LogP contribution is 2.27. The van der Waals surface area contributed by atoms with E-state index in [1.165, 1.54) is 21.7 Å². The van der Waals surface area contributed by atoms with Crippen LogP contribution in [-0.4, -0.2) is 59.8 Å². The number of rotatable bonds is 12. The first-order valence-electron chi connectivity index (χ1n) is 13.3. The van der Waals surface area contributed by atoms with Crippen molar-refractivity contribution in [3.8, 4) is 16.3 Å². The molecule has 0 radical (unpaired) electrons. The first kappa shape index (κ1) is 28.2. The monoisotopic (exact) mass is 544 g/mol. The molecule has 4 rings (SSSR count). The summed E-state index contributed by atoms with van der Waals surface area (Å²) < 4.78 is 6.58. The first-order valence-corrected chi connectivity index (χ1v) is 14.2. The van der Waals surface area contributed by atoms with Crippen LogP contribution in [-0.2, 0) is 11.2 Å². The molecule has 0 bridgehead atoms. The number of aromatic nitrogens is 2. The quantitative estimate of drug-likeness (QED) is 0.170. The molecule has 6 nitrogen and oxygen atoms in total. The summed E-state index contributed by atoms with van der Waals surface area (Å²) in [5.41, 5.74) is 9.20. The molecule has 0 amide bonds. The Bertz CT molecular complexity index is 1530. The number of H-pyrrole nitrogens is 2. The number of carboxylic acids is 1. The maximum absolute atomic E-state index is 10.6. The highest BCUT2D eigenvalue weighted by Gasteiger charge is 2.12. The predicted octanol–water partition coefficient (Wildman–Crippen LogP) is 5.18. The minimum atomic E-state index is -0.804. The van der Waals surface area contributed by atoms with Gasteiger partial charge in [0, 0.05) is 23.9 Å². The fraction of sp³-hybridized carbons (Fsp3) is 0.312. The van der Waals surface area contributed by atoms with Crippen LogP contribution >= 0.6 is 11.3 Å². The minimum Gasteiger partial charge on any atom is -0.494 e. The number of carbonyl (C=O) groups is 1. The maximum atomic E-state index is 10.6. The van der Waals surface area contributed by atoms with Crippen molar-refractivity contribution in [3.63, 3.8) is 0 Å². The van der Waals surface area contributed by atoms with Crippen LogP contribution in [0, 0.1) is 6.92 Å². The number of quaternary nitrogens is 1. The molecule has 3 aromatic heterocycles. The Morgan fingerprint density at radius 3 is 2.59 bits per heavy atom. The molecule has 0 aliphatic heterocycles. The molecule has 1 aromatic carbocycles. The first-order chi connectivity index (χ1) is 18.7. The van der Waals surface area contributed by atoms with Crippen molar-refractivity contribution >= 4 is 35.2 Å². The highest BCUT2D eigenvalue weighted by atomic mass is 32.1. The Morgan fingerprint density at radius 1 is 1.10 bits per heavy atom. The Morgan fingerprint density at radius 2 is 1.90 bits per heavy atom. The van der Waals surface area contributed by atoms with Crippen molar-refractivity contribution in [2.24, 2.45) is 0 Å². The molecule has 0 saturated carbocycles. The summed E-state index contributed by atoms with van der Waals surface area (Å²) in [6, 6.07) is 16.4. The van der Waals surface area contributed by atoms with Crippen LogP contribution in [0.3, 0.4) is 0 Å². The molecule has 0 spiro atoms. The molecule has 4 aromatic rings. The second kappa shape index (κ2) is 12.9. The molecule has 0 saturated heterocycles. The SMILES string of the molecule is Cc1cc(=C=Cc2ccc(OCCCC(=O)O)cc2)[nH]c1=Cc1[nH]c(-c2cccs2)cc1CCC[N+](C)(C)C. The lowest BCUT2D eigenvalue weighted by Crippen LogP contribution is -2.35. The van der Waals surface area contributed by atoms with E-state index in [9.17, 15) is 4.79 Å². The Labute approximate surface area is 234 Å². The molecule has 3 heterocycles. The number of hydrogen-bond donors (Lipinski definition) is 3. The van der Waals surface area contributed by atoms with Gasteiger partial charge in [-0.05, 0) is 84.3 Å². The van der Waals surface area contributed by atoms with E-state index >= 15 is 0 Å².